The van der Waals surface area contributed by atoms with Crippen LogP contribution in [0.25, 0.3) is 0 Å². The normalized spacial score (nSPS) is 14.9. The van der Waals surface area contributed by atoms with E-state index >= 15 is 0 Å². The molecular formula is C20H22N3O3-. The smallest absolute Gasteiger partial charge is 0.256 e. The van der Waals surface area contributed by atoms with E-state index in [9.17, 15) is 14.7 Å². The lowest BCUT2D eigenvalue weighted by Crippen LogP contribution is -2.48. The van der Waals surface area contributed by atoms with E-state index in [0.29, 0.717) is 24.3 Å². The minimum Gasteiger partial charge on any atom is -0.530 e. The topological polar surface area (TPSA) is 66.9 Å². The lowest BCUT2D eigenvalue weighted by molar-refractivity contribution is -0.246. The summed E-state index contributed by atoms with van der Waals surface area (Å²) in [5, 5.41) is 11.2. The van der Waals surface area contributed by atoms with Gasteiger partial charge in [0, 0.05) is 39.8 Å². The van der Waals surface area contributed by atoms with Crippen molar-refractivity contribution < 1.29 is 14.7 Å². The van der Waals surface area contributed by atoms with Gasteiger partial charge in [-0.25, -0.2) is 0 Å². The molecule has 1 fully saturated rings. The predicted octanol–water partition coefficient (Wildman–Crippen LogP) is 1.42. The Morgan fingerprint density at radius 3 is 2.23 bits per heavy atom. The third-order valence-corrected chi connectivity index (χ3v) is 4.68. The molecule has 0 bridgehead atoms. The standard InChI is InChI=1S/C20H23N3O3/c1-21(20(25)26)18-10-6-5-9-17(18)19(24)23-13-11-22(12-14-23)15-16-7-3-2-4-8-16/h2-10H,11-15H2,1H3,(H,25,26)/p-1. The Hall–Kier alpha value is -2.86. The van der Waals surface area contributed by atoms with Crippen LogP contribution in [0.4, 0.5) is 10.5 Å². The molecule has 0 spiro atoms. The van der Waals surface area contributed by atoms with Crippen LogP contribution >= 0.6 is 0 Å². The van der Waals surface area contributed by atoms with Crippen molar-refractivity contribution in [2.75, 3.05) is 38.1 Å². The number of benzene rings is 2. The SMILES string of the molecule is CN(C(=O)[O-])c1ccccc1C(=O)N1CCN(Cc2ccccc2)CC1. The molecule has 26 heavy (non-hydrogen) atoms. The van der Waals surface area contributed by atoms with Crippen molar-refractivity contribution in [2.45, 2.75) is 6.54 Å². The second kappa shape index (κ2) is 8.01. The molecule has 0 aliphatic carbocycles. The highest BCUT2D eigenvalue weighted by atomic mass is 16.4. The first kappa shape index (κ1) is 17.9. The monoisotopic (exact) mass is 352 g/mol. The van der Waals surface area contributed by atoms with Crippen LogP contribution in [0.5, 0.6) is 0 Å². The summed E-state index contributed by atoms with van der Waals surface area (Å²) in [4.78, 5) is 29.1. The number of anilines is 1. The van der Waals surface area contributed by atoms with E-state index in [-0.39, 0.29) is 5.91 Å². The third-order valence-electron chi connectivity index (χ3n) is 4.68. The second-order valence-corrected chi connectivity index (χ2v) is 6.40. The molecular weight excluding hydrogens is 330 g/mol. The number of carbonyl (C=O) groups is 2. The Morgan fingerprint density at radius 1 is 0.962 bits per heavy atom. The fraction of sp³-hybridized carbons (Fsp3) is 0.300. The zero-order chi connectivity index (χ0) is 18.5. The number of nitrogens with zero attached hydrogens (tertiary/aromatic N) is 3. The average Bonchev–Trinajstić information content (AvgIpc) is 2.68. The number of hydrogen-bond acceptors (Lipinski definition) is 4. The van der Waals surface area contributed by atoms with E-state index in [1.165, 1.54) is 12.6 Å². The third kappa shape index (κ3) is 4.03. The first-order valence-corrected chi connectivity index (χ1v) is 8.65. The molecule has 0 saturated carbocycles. The number of carbonyl (C=O) groups excluding carboxylic acids is 2. The van der Waals surface area contributed by atoms with Crippen LogP contribution < -0.4 is 10.0 Å². The zero-order valence-corrected chi connectivity index (χ0v) is 14.8. The first-order valence-electron chi connectivity index (χ1n) is 8.65. The molecule has 0 atom stereocenters. The summed E-state index contributed by atoms with van der Waals surface area (Å²) in [5.74, 6) is -0.145. The Balaban J connectivity index is 1.65. The van der Waals surface area contributed by atoms with Crippen LogP contribution in [0.15, 0.2) is 54.6 Å². The number of piperazine rings is 1. The molecule has 136 valence electrons. The maximum absolute atomic E-state index is 12.9. The highest BCUT2D eigenvalue weighted by Gasteiger charge is 2.24. The van der Waals surface area contributed by atoms with Crippen LogP contribution in [0.2, 0.25) is 0 Å². The maximum atomic E-state index is 12.9. The van der Waals surface area contributed by atoms with Gasteiger partial charge in [-0.3, -0.25) is 9.69 Å². The highest BCUT2D eigenvalue weighted by molar-refractivity contribution is 6.02. The molecule has 1 aliphatic rings. The highest BCUT2D eigenvalue weighted by Crippen LogP contribution is 2.21. The van der Waals surface area contributed by atoms with E-state index < -0.39 is 6.09 Å². The molecule has 1 heterocycles. The lowest BCUT2D eigenvalue weighted by Gasteiger charge is -2.35. The lowest BCUT2D eigenvalue weighted by atomic mass is 10.1. The maximum Gasteiger partial charge on any atom is 0.256 e. The van der Waals surface area contributed by atoms with Gasteiger partial charge in [0.25, 0.3) is 5.91 Å². The minimum absolute atomic E-state index is 0.145. The van der Waals surface area contributed by atoms with Gasteiger partial charge >= 0.3 is 0 Å². The van der Waals surface area contributed by atoms with E-state index in [1.807, 2.05) is 18.2 Å². The summed E-state index contributed by atoms with van der Waals surface area (Å²) in [7, 11) is 1.39. The fourth-order valence-electron chi connectivity index (χ4n) is 3.17. The molecule has 1 aliphatic heterocycles. The fourth-order valence-corrected chi connectivity index (χ4v) is 3.17. The second-order valence-electron chi connectivity index (χ2n) is 6.40. The van der Waals surface area contributed by atoms with Crippen molar-refractivity contribution in [3.05, 3.63) is 65.7 Å². The summed E-state index contributed by atoms with van der Waals surface area (Å²) in [6.45, 7) is 3.69. The van der Waals surface area contributed by atoms with Crippen LogP contribution in [-0.2, 0) is 6.54 Å². The van der Waals surface area contributed by atoms with Crippen LogP contribution in [0.1, 0.15) is 15.9 Å². The molecule has 6 heteroatoms. The van der Waals surface area contributed by atoms with Crippen molar-refractivity contribution in [1.29, 1.82) is 0 Å². The van der Waals surface area contributed by atoms with Gasteiger partial charge in [0.2, 0.25) is 0 Å². The van der Waals surface area contributed by atoms with Gasteiger partial charge in [-0.1, -0.05) is 42.5 Å². The van der Waals surface area contributed by atoms with Gasteiger partial charge in [-0.05, 0) is 17.7 Å². The number of carboxylic acid groups (broad SMARTS) is 1. The van der Waals surface area contributed by atoms with Crippen molar-refractivity contribution in [2.24, 2.45) is 0 Å². The molecule has 3 rings (SSSR count). The minimum atomic E-state index is -1.34. The van der Waals surface area contributed by atoms with E-state index in [1.54, 1.807) is 29.2 Å². The van der Waals surface area contributed by atoms with Gasteiger partial charge in [0.15, 0.2) is 0 Å². The molecule has 1 saturated heterocycles. The quantitative estimate of drug-likeness (QED) is 0.835. The summed E-state index contributed by atoms with van der Waals surface area (Å²) in [6.07, 6.45) is -1.34. The summed E-state index contributed by atoms with van der Waals surface area (Å²) in [6, 6.07) is 17.0. The number of rotatable bonds is 4. The van der Waals surface area contributed by atoms with Gasteiger partial charge in [-0.2, -0.15) is 0 Å². The summed E-state index contributed by atoms with van der Waals surface area (Å²) >= 11 is 0. The Labute approximate surface area is 153 Å². The molecule has 0 radical (unpaired) electrons. The van der Waals surface area contributed by atoms with E-state index in [4.69, 9.17) is 0 Å². The number of amides is 2. The van der Waals surface area contributed by atoms with E-state index in [0.717, 1.165) is 24.5 Å². The van der Waals surface area contributed by atoms with Gasteiger partial charge in [-0.15, -0.1) is 0 Å². The molecule has 2 aromatic rings. The Kier molecular flexibility index (Phi) is 5.53. The van der Waals surface area contributed by atoms with Gasteiger partial charge in [0.1, 0.15) is 6.09 Å². The number of hydrogen-bond donors (Lipinski definition) is 0. The molecule has 0 N–H and O–H groups in total. The Morgan fingerprint density at radius 2 is 1.58 bits per heavy atom. The zero-order valence-electron chi connectivity index (χ0n) is 14.8. The summed E-state index contributed by atoms with van der Waals surface area (Å²) < 4.78 is 0. The molecule has 0 unspecified atom stereocenters. The van der Waals surface area contributed by atoms with Gasteiger partial charge in [0.05, 0.1) is 11.3 Å². The molecule has 6 nitrogen and oxygen atoms in total. The van der Waals surface area contributed by atoms with Crippen LogP contribution in [0.3, 0.4) is 0 Å². The van der Waals surface area contributed by atoms with Crippen molar-refractivity contribution in [1.82, 2.24) is 9.80 Å². The van der Waals surface area contributed by atoms with Crippen molar-refractivity contribution >= 4 is 17.7 Å². The van der Waals surface area contributed by atoms with Crippen LogP contribution in [-0.4, -0.2) is 55.0 Å². The van der Waals surface area contributed by atoms with Gasteiger partial charge < -0.3 is 19.7 Å². The van der Waals surface area contributed by atoms with Crippen LogP contribution in [0, 0.1) is 0 Å². The first-order chi connectivity index (χ1) is 12.6. The predicted molar refractivity (Wildman–Crippen MR) is 97.9 cm³/mol. The molecule has 2 aromatic carbocycles. The van der Waals surface area contributed by atoms with Crippen molar-refractivity contribution in [3.63, 3.8) is 0 Å². The number of para-hydroxylation sites is 1. The summed E-state index contributed by atoms with van der Waals surface area (Å²) in [5.41, 5.74) is 1.99. The van der Waals surface area contributed by atoms with E-state index in [2.05, 4.69) is 17.0 Å². The molecule has 0 aromatic heterocycles. The Bertz CT molecular complexity index is 771. The largest absolute Gasteiger partial charge is 0.530 e. The van der Waals surface area contributed by atoms with Crippen molar-refractivity contribution in [3.8, 4) is 0 Å². The molecule has 2 amide bonds. The average molecular weight is 352 g/mol.